The van der Waals surface area contributed by atoms with Crippen LogP contribution in [0.5, 0.6) is 5.88 Å². The van der Waals surface area contributed by atoms with Crippen molar-refractivity contribution in [1.82, 2.24) is 29.3 Å². The number of carbonyl (C=O) groups excluding carboxylic acids is 1. The van der Waals surface area contributed by atoms with E-state index < -0.39 is 15.9 Å². The summed E-state index contributed by atoms with van der Waals surface area (Å²) in [6.45, 7) is 6.28. The molecule has 0 unspecified atom stereocenters. The summed E-state index contributed by atoms with van der Waals surface area (Å²) in [5.41, 5.74) is -0.0804. The number of anilines is 1. The maximum atomic E-state index is 13.5. The highest BCUT2D eigenvalue weighted by atomic mass is 32.2. The van der Waals surface area contributed by atoms with Gasteiger partial charge in [-0.2, -0.15) is 13.5 Å². The van der Waals surface area contributed by atoms with Crippen LogP contribution in [-0.2, 0) is 16.6 Å². The molecule has 3 aromatic rings. The number of pyridine rings is 1. The molecule has 224 valence electrons. The van der Waals surface area contributed by atoms with Gasteiger partial charge in [-0.05, 0) is 107 Å². The van der Waals surface area contributed by atoms with E-state index in [0.717, 1.165) is 50.0 Å². The number of aryl methyl sites for hydroxylation is 1. The Morgan fingerprint density at radius 1 is 1.05 bits per heavy atom. The molecule has 3 aromatic heterocycles. The third-order valence-corrected chi connectivity index (χ3v) is 10.6. The van der Waals surface area contributed by atoms with Crippen LogP contribution in [0.3, 0.4) is 0 Å². The third kappa shape index (κ3) is 5.52. The summed E-state index contributed by atoms with van der Waals surface area (Å²) in [5, 5.41) is 8.66. The summed E-state index contributed by atoms with van der Waals surface area (Å²) in [5.74, 6) is 3.77. The summed E-state index contributed by atoms with van der Waals surface area (Å²) in [4.78, 5) is 20.6. The molecular weight excluding hydrogens is 554 g/mol. The van der Waals surface area contributed by atoms with Crippen LogP contribution < -0.4 is 14.4 Å². The largest absolute Gasteiger partial charge is 0.477 e. The molecule has 0 spiro atoms. The van der Waals surface area contributed by atoms with E-state index in [9.17, 15) is 13.2 Å². The fourth-order valence-electron chi connectivity index (χ4n) is 7.00. The van der Waals surface area contributed by atoms with Gasteiger partial charge in [0.2, 0.25) is 5.88 Å². The van der Waals surface area contributed by atoms with Gasteiger partial charge in [0.05, 0.1) is 12.2 Å². The van der Waals surface area contributed by atoms with Crippen molar-refractivity contribution >= 4 is 21.7 Å². The van der Waals surface area contributed by atoms with Crippen molar-refractivity contribution in [2.45, 2.75) is 82.3 Å². The number of amides is 1. The van der Waals surface area contributed by atoms with Gasteiger partial charge in [0.25, 0.3) is 15.9 Å². The number of sulfonamides is 1. The van der Waals surface area contributed by atoms with Crippen LogP contribution in [0, 0.1) is 23.7 Å². The standard InChI is InChI=1S/C30H39N7O4S/c1-30(2)18-20-4-3-14-35-15-12-27(33-35)42(39,40)34-29(38)24-9-10-25(31-28(24)36(30)19-20)37-16-11-26(32-37)41-17-13-23(21-5-6-21)22-7-8-22/h9-12,15-16,20-23H,3-8,13-14,17-19H2,1-2H3,(H,34,38)/t20-/m1/s1. The van der Waals surface area contributed by atoms with Crippen molar-refractivity contribution in [2.75, 3.05) is 18.1 Å². The van der Waals surface area contributed by atoms with Crippen LogP contribution in [0.2, 0.25) is 0 Å². The molecule has 42 heavy (non-hydrogen) atoms. The number of nitrogens with one attached hydrogen (secondary N) is 1. The van der Waals surface area contributed by atoms with Crippen LogP contribution in [0.15, 0.2) is 41.7 Å². The van der Waals surface area contributed by atoms with Gasteiger partial charge < -0.3 is 9.64 Å². The van der Waals surface area contributed by atoms with Crippen molar-refractivity contribution in [2.24, 2.45) is 23.7 Å². The van der Waals surface area contributed by atoms with Crippen molar-refractivity contribution in [3.63, 3.8) is 0 Å². The molecule has 0 aromatic carbocycles. The molecule has 4 aliphatic rings. The first-order valence-corrected chi connectivity index (χ1v) is 16.7. The number of hydrogen-bond donors (Lipinski definition) is 1. The molecule has 2 aliphatic carbocycles. The van der Waals surface area contributed by atoms with Crippen molar-refractivity contribution in [1.29, 1.82) is 0 Å². The molecular formula is C30H39N7O4S. The highest BCUT2D eigenvalue weighted by Crippen LogP contribution is 2.50. The first kappa shape index (κ1) is 27.4. The number of carbonyl (C=O) groups is 1. The number of hydrogen-bond acceptors (Lipinski definition) is 8. The van der Waals surface area contributed by atoms with Crippen LogP contribution in [0.1, 0.15) is 75.6 Å². The normalized spacial score (nSPS) is 23.4. The van der Waals surface area contributed by atoms with E-state index in [0.29, 0.717) is 36.6 Å². The minimum absolute atomic E-state index is 0.174. The van der Waals surface area contributed by atoms with Crippen LogP contribution in [0.25, 0.3) is 5.82 Å². The Balaban J connectivity index is 1.16. The molecule has 5 heterocycles. The highest BCUT2D eigenvalue weighted by molar-refractivity contribution is 7.90. The van der Waals surface area contributed by atoms with Crippen LogP contribution >= 0.6 is 0 Å². The Bertz CT molecular complexity index is 1580. The molecule has 12 heteroatoms. The van der Waals surface area contributed by atoms with E-state index in [4.69, 9.17) is 9.72 Å². The van der Waals surface area contributed by atoms with Gasteiger partial charge in [-0.15, -0.1) is 5.10 Å². The maximum Gasteiger partial charge on any atom is 0.283 e. The first-order valence-electron chi connectivity index (χ1n) is 15.2. The average molecular weight is 594 g/mol. The average Bonchev–Trinajstić information content (AvgIpc) is 3.84. The molecule has 3 fully saturated rings. The van der Waals surface area contributed by atoms with E-state index in [2.05, 4.69) is 33.7 Å². The zero-order valence-corrected chi connectivity index (χ0v) is 25.1. The molecule has 1 N–H and O–H groups in total. The molecule has 4 bridgehead atoms. The summed E-state index contributed by atoms with van der Waals surface area (Å²) in [6, 6.07) is 6.59. The van der Waals surface area contributed by atoms with Gasteiger partial charge in [0.15, 0.2) is 10.8 Å². The molecule has 1 amide bonds. The van der Waals surface area contributed by atoms with E-state index >= 15 is 0 Å². The molecule has 2 aliphatic heterocycles. The molecule has 2 saturated carbocycles. The van der Waals surface area contributed by atoms with Gasteiger partial charge in [-0.25, -0.2) is 14.4 Å². The molecule has 11 nitrogen and oxygen atoms in total. The number of aromatic nitrogens is 5. The predicted octanol–water partition coefficient (Wildman–Crippen LogP) is 4.19. The quantitative estimate of drug-likeness (QED) is 0.433. The number of fused-ring (bicyclic) bond motifs is 6. The second-order valence-corrected chi connectivity index (χ2v) is 14.7. The Morgan fingerprint density at radius 3 is 2.60 bits per heavy atom. The minimum Gasteiger partial charge on any atom is -0.477 e. The fraction of sp³-hybridized carbons (Fsp3) is 0.600. The predicted molar refractivity (Wildman–Crippen MR) is 156 cm³/mol. The molecule has 0 radical (unpaired) electrons. The summed E-state index contributed by atoms with van der Waals surface area (Å²) >= 11 is 0. The summed E-state index contributed by atoms with van der Waals surface area (Å²) < 4.78 is 37.6. The van der Waals surface area contributed by atoms with Crippen LogP contribution in [0.4, 0.5) is 5.82 Å². The maximum absolute atomic E-state index is 13.5. The summed E-state index contributed by atoms with van der Waals surface area (Å²) in [6.07, 6.45) is 12.8. The lowest BCUT2D eigenvalue weighted by Crippen LogP contribution is -2.41. The van der Waals surface area contributed by atoms with Gasteiger partial charge in [-0.1, -0.05) is 0 Å². The number of rotatable bonds is 7. The lowest BCUT2D eigenvalue weighted by Gasteiger charge is -2.34. The monoisotopic (exact) mass is 593 g/mol. The van der Waals surface area contributed by atoms with Gasteiger partial charge in [0.1, 0.15) is 5.82 Å². The van der Waals surface area contributed by atoms with Crippen molar-refractivity contribution < 1.29 is 17.9 Å². The minimum atomic E-state index is -4.15. The SMILES string of the molecule is CC1(C)C[C@H]2CCCn3ccc(n3)S(=O)(=O)NC(=O)c3ccc(-n4ccc(OCCC(C5CC5)C5CC5)n4)nc3N1C2. The second-order valence-electron chi connectivity index (χ2n) is 13.1. The van der Waals surface area contributed by atoms with Gasteiger partial charge in [-0.3, -0.25) is 9.48 Å². The highest BCUT2D eigenvalue weighted by Gasteiger charge is 2.42. The fourth-order valence-corrected chi connectivity index (χ4v) is 7.91. The Morgan fingerprint density at radius 2 is 1.83 bits per heavy atom. The van der Waals surface area contributed by atoms with E-state index in [1.807, 2.05) is 12.3 Å². The lowest BCUT2D eigenvalue weighted by molar-refractivity contribution is 0.0981. The Labute approximate surface area is 246 Å². The number of nitrogens with zero attached hydrogens (tertiary/aromatic N) is 6. The van der Waals surface area contributed by atoms with Gasteiger partial charge >= 0.3 is 0 Å². The van der Waals surface area contributed by atoms with Crippen LogP contribution in [-0.4, -0.2) is 57.6 Å². The zero-order valence-electron chi connectivity index (χ0n) is 24.3. The Hall–Kier alpha value is -3.41. The second kappa shape index (κ2) is 10.4. The third-order valence-electron chi connectivity index (χ3n) is 9.39. The van der Waals surface area contributed by atoms with Gasteiger partial charge in [0, 0.05) is 37.1 Å². The van der Waals surface area contributed by atoms with E-state index in [-0.39, 0.29) is 16.1 Å². The first-order chi connectivity index (χ1) is 20.2. The number of ether oxygens (including phenoxy) is 1. The zero-order chi connectivity index (χ0) is 29.1. The molecule has 7 rings (SSSR count). The molecule has 1 saturated heterocycles. The molecule has 1 atom stereocenters. The summed E-state index contributed by atoms with van der Waals surface area (Å²) in [7, 11) is -4.15. The van der Waals surface area contributed by atoms with E-state index in [1.165, 1.54) is 31.7 Å². The smallest absolute Gasteiger partial charge is 0.283 e. The topological polar surface area (TPSA) is 124 Å². The lowest BCUT2D eigenvalue weighted by atomic mass is 9.93. The van der Waals surface area contributed by atoms with Crippen molar-refractivity contribution in [3.05, 3.63) is 42.2 Å². The van der Waals surface area contributed by atoms with Crippen molar-refractivity contribution in [3.8, 4) is 11.7 Å². The Kier molecular flexibility index (Phi) is 6.79. The van der Waals surface area contributed by atoms with E-state index in [1.54, 1.807) is 27.7 Å².